The number of hydrogen-bond donors (Lipinski definition) is 1. The molecule has 0 bridgehead atoms. The minimum absolute atomic E-state index is 0.321. The molecule has 0 saturated carbocycles. The first-order valence-corrected chi connectivity index (χ1v) is 3.40. The van der Waals surface area contributed by atoms with E-state index in [9.17, 15) is 0 Å². The molecule has 1 atom stereocenters. The van der Waals surface area contributed by atoms with Crippen molar-refractivity contribution < 1.29 is 4.52 Å². The molecule has 54 valence electrons. The number of nitrogens with one attached hydrogen (secondary N) is 1. The Kier molecular flexibility index (Phi) is 1.20. The summed E-state index contributed by atoms with van der Waals surface area (Å²) in [6, 6.07) is 0.321. The Bertz CT molecular complexity index is 229. The summed E-state index contributed by atoms with van der Waals surface area (Å²) in [5, 5.41) is 6.87. The fourth-order valence-corrected chi connectivity index (χ4v) is 0.954. The standard InChI is InChI=1S/C6H9N3O/c1-4-8-6(10-9-4)5-2-3-7-5/h5,7H,2-3H2,1H3/t5-/m0/s1. The molecule has 1 aromatic rings. The lowest BCUT2D eigenvalue weighted by molar-refractivity contribution is 0.273. The predicted molar refractivity (Wildman–Crippen MR) is 34.4 cm³/mol. The lowest BCUT2D eigenvalue weighted by Gasteiger charge is -2.23. The quantitative estimate of drug-likeness (QED) is 0.612. The molecular weight excluding hydrogens is 130 g/mol. The van der Waals surface area contributed by atoms with E-state index in [-0.39, 0.29) is 0 Å². The van der Waals surface area contributed by atoms with Crippen molar-refractivity contribution in [3.63, 3.8) is 0 Å². The van der Waals surface area contributed by atoms with Crippen LogP contribution in [-0.2, 0) is 0 Å². The maximum atomic E-state index is 4.94. The molecule has 0 unspecified atom stereocenters. The van der Waals surface area contributed by atoms with Crippen LogP contribution in [0.15, 0.2) is 4.52 Å². The van der Waals surface area contributed by atoms with Crippen molar-refractivity contribution in [2.75, 3.05) is 6.54 Å². The van der Waals surface area contributed by atoms with E-state index >= 15 is 0 Å². The van der Waals surface area contributed by atoms with Crippen LogP contribution in [0.25, 0.3) is 0 Å². The van der Waals surface area contributed by atoms with Gasteiger partial charge in [-0.05, 0) is 19.9 Å². The summed E-state index contributed by atoms with van der Waals surface area (Å²) in [6.07, 6.45) is 1.11. The van der Waals surface area contributed by atoms with Gasteiger partial charge in [-0.3, -0.25) is 0 Å². The van der Waals surface area contributed by atoms with E-state index in [1.54, 1.807) is 0 Å². The van der Waals surface area contributed by atoms with Crippen molar-refractivity contribution in [3.8, 4) is 0 Å². The van der Waals surface area contributed by atoms with E-state index in [1.807, 2.05) is 6.92 Å². The van der Waals surface area contributed by atoms with Crippen LogP contribution in [0.1, 0.15) is 24.2 Å². The van der Waals surface area contributed by atoms with Crippen molar-refractivity contribution in [1.29, 1.82) is 0 Å². The fourth-order valence-electron chi connectivity index (χ4n) is 0.954. The molecule has 2 rings (SSSR count). The van der Waals surface area contributed by atoms with Crippen molar-refractivity contribution in [3.05, 3.63) is 11.7 Å². The van der Waals surface area contributed by atoms with Gasteiger partial charge in [0.2, 0.25) is 5.89 Å². The largest absolute Gasteiger partial charge is 0.338 e. The van der Waals surface area contributed by atoms with E-state index in [0.717, 1.165) is 18.9 Å². The first-order valence-electron chi connectivity index (χ1n) is 3.40. The van der Waals surface area contributed by atoms with E-state index in [2.05, 4.69) is 15.5 Å². The smallest absolute Gasteiger partial charge is 0.243 e. The highest BCUT2D eigenvalue weighted by atomic mass is 16.5. The molecule has 4 nitrogen and oxygen atoms in total. The molecule has 2 heterocycles. The van der Waals surface area contributed by atoms with Crippen LogP contribution < -0.4 is 5.32 Å². The zero-order chi connectivity index (χ0) is 6.97. The number of aromatic nitrogens is 2. The molecule has 1 aliphatic rings. The van der Waals surface area contributed by atoms with Crippen molar-refractivity contribution in [2.45, 2.75) is 19.4 Å². The van der Waals surface area contributed by atoms with Crippen molar-refractivity contribution in [1.82, 2.24) is 15.5 Å². The third-order valence-corrected chi connectivity index (χ3v) is 1.67. The molecule has 0 amide bonds. The van der Waals surface area contributed by atoms with Gasteiger partial charge >= 0.3 is 0 Å². The van der Waals surface area contributed by atoms with Crippen LogP contribution in [-0.4, -0.2) is 16.7 Å². The normalized spacial score (nSPS) is 24.3. The maximum absolute atomic E-state index is 4.94. The van der Waals surface area contributed by atoms with E-state index in [0.29, 0.717) is 11.9 Å². The Morgan fingerprint density at radius 1 is 1.70 bits per heavy atom. The lowest BCUT2D eigenvalue weighted by atomic mass is 10.1. The number of rotatable bonds is 1. The van der Waals surface area contributed by atoms with Crippen LogP contribution in [0.4, 0.5) is 0 Å². The van der Waals surface area contributed by atoms with Gasteiger partial charge in [0, 0.05) is 0 Å². The van der Waals surface area contributed by atoms with E-state index < -0.39 is 0 Å². The Morgan fingerprint density at radius 2 is 2.50 bits per heavy atom. The molecule has 0 spiro atoms. The maximum Gasteiger partial charge on any atom is 0.243 e. The van der Waals surface area contributed by atoms with Gasteiger partial charge in [0.15, 0.2) is 5.82 Å². The molecule has 4 heteroatoms. The topological polar surface area (TPSA) is 51.0 Å². The average molecular weight is 139 g/mol. The van der Waals surface area contributed by atoms with Crippen LogP contribution in [0.2, 0.25) is 0 Å². The summed E-state index contributed by atoms with van der Waals surface area (Å²) >= 11 is 0. The van der Waals surface area contributed by atoms with E-state index in [1.165, 1.54) is 0 Å². The Balaban J connectivity index is 2.17. The minimum atomic E-state index is 0.321. The summed E-state index contributed by atoms with van der Waals surface area (Å²) in [7, 11) is 0. The molecule has 1 N–H and O–H groups in total. The van der Waals surface area contributed by atoms with Crippen LogP contribution in [0, 0.1) is 6.92 Å². The van der Waals surface area contributed by atoms with Gasteiger partial charge in [-0.25, -0.2) is 0 Å². The van der Waals surface area contributed by atoms with Gasteiger partial charge in [-0.15, -0.1) is 0 Å². The molecular formula is C6H9N3O. The van der Waals surface area contributed by atoms with Crippen LogP contribution in [0.5, 0.6) is 0 Å². The first-order chi connectivity index (χ1) is 4.86. The SMILES string of the molecule is Cc1noc([C@@H]2CCN2)n1. The molecule has 10 heavy (non-hydrogen) atoms. The lowest BCUT2D eigenvalue weighted by Crippen LogP contribution is -2.35. The highest BCUT2D eigenvalue weighted by Gasteiger charge is 2.23. The average Bonchev–Trinajstić information content (AvgIpc) is 2.10. The van der Waals surface area contributed by atoms with Gasteiger partial charge in [-0.1, -0.05) is 5.16 Å². The van der Waals surface area contributed by atoms with E-state index in [4.69, 9.17) is 4.52 Å². The second kappa shape index (κ2) is 2.05. The summed E-state index contributed by atoms with van der Waals surface area (Å²) in [5.74, 6) is 1.44. The van der Waals surface area contributed by atoms with Gasteiger partial charge < -0.3 is 9.84 Å². The van der Waals surface area contributed by atoms with Gasteiger partial charge in [0.1, 0.15) is 0 Å². The first kappa shape index (κ1) is 5.85. The summed E-state index contributed by atoms with van der Waals surface area (Å²) in [5.41, 5.74) is 0. The molecule has 1 fully saturated rings. The zero-order valence-electron chi connectivity index (χ0n) is 5.79. The predicted octanol–water partition coefficient (Wildman–Crippen LogP) is 0.412. The molecule has 0 aromatic carbocycles. The minimum Gasteiger partial charge on any atom is -0.338 e. The number of nitrogens with zero attached hydrogens (tertiary/aromatic N) is 2. The third kappa shape index (κ3) is 0.806. The number of hydrogen-bond acceptors (Lipinski definition) is 4. The van der Waals surface area contributed by atoms with Gasteiger partial charge in [-0.2, -0.15) is 4.98 Å². The Hall–Kier alpha value is -0.900. The third-order valence-electron chi connectivity index (χ3n) is 1.67. The number of aryl methyl sites for hydroxylation is 1. The zero-order valence-corrected chi connectivity index (χ0v) is 5.79. The summed E-state index contributed by atoms with van der Waals surface area (Å²) in [6.45, 7) is 2.89. The monoisotopic (exact) mass is 139 g/mol. The molecule has 0 aliphatic carbocycles. The van der Waals surface area contributed by atoms with Gasteiger partial charge in [0.25, 0.3) is 0 Å². The van der Waals surface area contributed by atoms with Gasteiger partial charge in [0.05, 0.1) is 6.04 Å². The molecule has 1 saturated heterocycles. The van der Waals surface area contributed by atoms with Crippen molar-refractivity contribution in [2.24, 2.45) is 0 Å². The second-order valence-corrected chi connectivity index (χ2v) is 2.48. The second-order valence-electron chi connectivity index (χ2n) is 2.48. The molecule has 1 aromatic heterocycles. The van der Waals surface area contributed by atoms with Crippen LogP contribution in [0.3, 0.4) is 0 Å². The highest BCUT2D eigenvalue weighted by Crippen LogP contribution is 2.19. The molecule has 0 radical (unpaired) electrons. The Labute approximate surface area is 58.6 Å². The summed E-state index contributed by atoms with van der Waals surface area (Å²) < 4.78 is 4.94. The highest BCUT2D eigenvalue weighted by molar-refractivity contribution is 4.95. The fraction of sp³-hybridized carbons (Fsp3) is 0.667. The van der Waals surface area contributed by atoms with Crippen LogP contribution >= 0.6 is 0 Å². The molecule has 1 aliphatic heterocycles. The Morgan fingerprint density at radius 3 is 2.90 bits per heavy atom. The van der Waals surface area contributed by atoms with Crippen molar-refractivity contribution >= 4 is 0 Å². The summed E-state index contributed by atoms with van der Waals surface area (Å²) in [4.78, 5) is 4.09.